The molecule has 8 nitrogen and oxygen atoms in total. The number of aryl methyl sites for hydroxylation is 1. The molecule has 2 N–H and O–H groups in total. The molecular weight excluding hydrogens is 424 g/mol. The molecule has 0 heterocycles. The number of carbonyl (C=O) groups excluding carboxylic acids is 3. The number of benzene rings is 2. The van der Waals surface area contributed by atoms with Crippen molar-refractivity contribution in [3.8, 4) is 11.5 Å². The van der Waals surface area contributed by atoms with Crippen molar-refractivity contribution in [3.05, 3.63) is 53.6 Å². The molecule has 2 aromatic rings. The number of hydrogen-bond acceptors (Lipinski definition) is 6. The largest absolute Gasteiger partial charge is 0.490 e. The van der Waals surface area contributed by atoms with E-state index in [1.54, 1.807) is 50.2 Å². The molecule has 0 fully saturated rings. The Bertz CT molecular complexity index is 973. The van der Waals surface area contributed by atoms with Crippen molar-refractivity contribution in [2.24, 2.45) is 5.92 Å². The van der Waals surface area contributed by atoms with E-state index in [2.05, 4.69) is 10.6 Å². The molecule has 0 saturated heterocycles. The first-order valence-corrected chi connectivity index (χ1v) is 11.0. The van der Waals surface area contributed by atoms with E-state index in [9.17, 15) is 14.4 Å². The lowest BCUT2D eigenvalue weighted by atomic mass is 10.0. The van der Waals surface area contributed by atoms with Gasteiger partial charge in [-0.1, -0.05) is 31.5 Å². The number of esters is 1. The molecule has 8 heteroatoms. The van der Waals surface area contributed by atoms with Crippen LogP contribution in [0, 0.1) is 12.8 Å². The topological polar surface area (TPSA) is 103 Å². The molecule has 2 aromatic carbocycles. The number of nitrogens with one attached hydrogen (secondary N) is 2. The number of ether oxygens (including phenoxy) is 3. The predicted molar refractivity (Wildman–Crippen MR) is 126 cm³/mol. The zero-order chi connectivity index (χ0) is 24.4. The summed E-state index contributed by atoms with van der Waals surface area (Å²) < 4.78 is 16.2. The third kappa shape index (κ3) is 7.82. The summed E-state index contributed by atoms with van der Waals surface area (Å²) in [6.07, 6.45) is 0. The lowest BCUT2D eigenvalue weighted by Gasteiger charge is -2.21. The molecule has 0 unspecified atom stereocenters. The van der Waals surface area contributed by atoms with Crippen molar-refractivity contribution >= 4 is 23.5 Å². The molecule has 0 radical (unpaired) electrons. The Morgan fingerprint density at radius 2 is 1.64 bits per heavy atom. The quantitative estimate of drug-likeness (QED) is 0.500. The van der Waals surface area contributed by atoms with Crippen molar-refractivity contribution < 1.29 is 28.6 Å². The number of carbonyl (C=O) groups is 3. The summed E-state index contributed by atoms with van der Waals surface area (Å²) in [4.78, 5) is 37.4. The van der Waals surface area contributed by atoms with Gasteiger partial charge in [0.25, 0.3) is 11.8 Å². The van der Waals surface area contributed by atoms with Gasteiger partial charge < -0.3 is 24.8 Å². The maximum Gasteiger partial charge on any atom is 0.329 e. The molecule has 0 aliphatic rings. The second-order valence-corrected chi connectivity index (χ2v) is 7.75. The van der Waals surface area contributed by atoms with Crippen molar-refractivity contribution in [1.29, 1.82) is 0 Å². The molecule has 0 saturated carbocycles. The highest BCUT2D eigenvalue weighted by atomic mass is 16.5. The van der Waals surface area contributed by atoms with Gasteiger partial charge in [0.2, 0.25) is 0 Å². The lowest BCUT2D eigenvalue weighted by Crippen LogP contribution is -2.46. The summed E-state index contributed by atoms with van der Waals surface area (Å²) in [5, 5.41) is 5.36. The summed E-state index contributed by atoms with van der Waals surface area (Å²) in [5.41, 5.74) is 1.87. The fraction of sp³-hybridized carbons (Fsp3) is 0.400. The van der Waals surface area contributed by atoms with Crippen LogP contribution in [-0.4, -0.2) is 43.6 Å². The molecule has 1 atom stereocenters. The second kappa shape index (κ2) is 12.5. The van der Waals surface area contributed by atoms with Crippen LogP contribution in [0.4, 0.5) is 5.69 Å². The van der Waals surface area contributed by atoms with Crippen LogP contribution in [0.3, 0.4) is 0 Å². The van der Waals surface area contributed by atoms with Gasteiger partial charge in [0.15, 0.2) is 18.1 Å². The van der Waals surface area contributed by atoms with Crippen LogP contribution >= 0.6 is 0 Å². The summed E-state index contributed by atoms with van der Waals surface area (Å²) >= 11 is 0. The van der Waals surface area contributed by atoms with Gasteiger partial charge in [0.05, 0.1) is 13.2 Å². The van der Waals surface area contributed by atoms with Crippen molar-refractivity contribution in [3.63, 3.8) is 0 Å². The van der Waals surface area contributed by atoms with E-state index in [0.717, 1.165) is 5.56 Å². The average molecular weight is 457 g/mol. The Hall–Kier alpha value is -3.55. The number of rotatable bonds is 11. The van der Waals surface area contributed by atoms with Crippen LogP contribution < -0.4 is 20.1 Å². The third-order valence-electron chi connectivity index (χ3n) is 4.66. The molecule has 0 aliphatic carbocycles. The third-order valence-corrected chi connectivity index (χ3v) is 4.66. The van der Waals surface area contributed by atoms with Gasteiger partial charge in [0, 0.05) is 17.3 Å². The standard InChI is InChI=1S/C25H32N2O6/c1-6-31-20-12-11-19(14-21(20)32-7-2)26-22(28)15-33-25(30)23(16(3)4)27-24(29)18-10-8-9-17(5)13-18/h8-14,16,23H,6-7,15H2,1-5H3,(H,26,28)(H,27,29)/t23-/m0/s1. The average Bonchev–Trinajstić information content (AvgIpc) is 2.77. The fourth-order valence-corrected chi connectivity index (χ4v) is 3.06. The zero-order valence-corrected chi connectivity index (χ0v) is 19.8. The molecule has 0 bridgehead atoms. The first kappa shape index (κ1) is 25.7. The summed E-state index contributed by atoms with van der Waals surface area (Å²) in [5.74, 6) is -0.711. The SMILES string of the molecule is CCOc1ccc(NC(=O)COC(=O)[C@@H](NC(=O)c2cccc(C)c2)C(C)C)cc1OCC. The summed E-state index contributed by atoms with van der Waals surface area (Å²) in [6, 6.07) is 11.2. The molecular formula is C25H32N2O6. The van der Waals surface area contributed by atoms with Crippen LogP contribution in [0.1, 0.15) is 43.6 Å². The Morgan fingerprint density at radius 3 is 2.27 bits per heavy atom. The molecule has 2 amide bonds. The van der Waals surface area contributed by atoms with Gasteiger partial charge >= 0.3 is 5.97 Å². The number of hydrogen-bond donors (Lipinski definition) is 2. The van der Waals surface area contributed by atoms with E-state index in [1.807, 2.05) is 26.8 Å². The highest BCUT2D eigenvalue weighted by Crippen LogP contribution is 2.30. The Balaban J connectivity index is 1.96. The molecule has 2 rings (SSSR count). The van der Waals surface area contributed by atoms with Crippen molar-refractivity contribution in [2.45, 2.75) is 40.7 Å². The zero-order valence-electron chi connectivity index (χ0n) is 19.8. The summed E-state index contributed by atoms with van der Waals surface area (Å²) in [6.45, 7) is 9.62. The van der Waals surface area contributed by atoms with Crippen LogP contribution in [0.15, 0.2) is 42.5 Å². The van der Waals surface area contributed by atoms with Crippen LogP contribution in [0.5, 0.6) is 11.5 Å². The van der Waals surface area contributed by atoms with E-state index in [4.69, 9.17) is 14.2 Å². The molecule has 33 heavy (non-hydrogen) atoms. The van der Waals surface area contributed by atoms with Gasteiger partial charge in [-0.3, -0.25) is 9.59 Å². The minimum atomic E-state index is -0.888. The fourth-order valence-electron chi connectivity index (χ4n) is 3.06. The Kier molecular flexibility index (Phi) is 9.72. The van der Waals surface area contributed by atoms with Crippen molar-refractivity contribution in [1.82, 2.24) is 5.32 Å². The van der Waals surface area contributed by atoms with Gasteiger partial charge in [-0.2, -0.15) is 0 Å². The van der Waals surface area contributed by atoms with Gasteiger partial charge in [0.1, 0.15) is 6.04 Å². The van der Waals surface area contributed by atoms with E-state index in [0.29, 0.717) is 36.0 Å². The minimum absolute atomic E-state index is 0.228. The molecule has 0 aromatic heterocycles. The van der Waals surface area contributed by atoms with Gasteiger partial charge in [-0.05, 0) is 51.0 Å². The molecule has 178 valence electrons. The van der Waals surface area contributed by atoms with Crippen LogP contribution in [0.2, 0.25) is 0 Å². The highest BCUT2D eigenvalue weighted by Gasteiger charge is 2.27. The number of amides is 2. The van der Waals surface area contributed by atoms with E-state index < -0.39 is 24.5 Å². The second-order valence-electron chi connectivity index (χ2n) is 7.75. The van der Waals surface area contributed by atoms with Gasteiger partial charge in [-0.25, -0.2) is 4.79 Å². The number of anilines is 1. The van der Waals surface area contributed by atoms with Gasteiger partial charge in [-0.15, -0.1) is 0 Å². The predicted octanol–water partition coefficient (Wildman–Crippen LogP) is 3.73. The Labute approximate surface area is 194 Å². The van der Waals surface area contributed by atoms with Crippen molar-refractivity contribution in [2.75, 3.05) is 25.1 Å². The monoisotopic (exact) mass is 456 g/mol. The summed E-state index contributed by atoms with van der Waals surface area (Å²) in [7, 11) is 0. The highest BCUT2D eigenvalue weighted by molar-refractivity contribution is 5.97. The maximum atomic E-state index is 12.6. The van der Waals surface area contributed by atoms with E-state index in [1.165, 1.54) is 0 Å². The van der Waals surface area contributed by atoms with Crippen LogP contribution in [-0.2, 0) is 14.3 Å². The van der Waals surface area contributed by atoms with Crippen LogP contribution in [0.25, 0.3) is 0 Å². The van der Waals surface area contributed by atoms with E-state index in [-0.39, 0.29) is 11.8 Å². The first-order chi connectivity index (χ1) is 15.7. The lowest BCUT2D eigenvalue weighted by molar-refractivity contribution is -0.150. The normalized spacial score (nSPS) is 11.5. The van der Waals surface area contributed by atoms with E-state index >= 15 is 0 Å². The first-order valence-electron chi connectivity index (χ1n) is 11.0. The smallest absolute Gasteiger partial charge is 0.329 e. The molecule has 0 spiro atoms. The maximum absolute atomic E-state index is 12.6. The minimum Gasteiger partial charge on any atom is -0.490 e. The Morgan fingerprint density at radius 1 is 0.939 bits per heavy atom. The molecule has 0 aliphatic heterocycles.